The zero-order valence-corrected chi connectivity index (χ0v) is 13.5. The Bertz CT molecular complexity index is 566. The average molecular weight is 287 g/mol. The fourth-order valence-electron chi connectivity index (χ4n) is 4.62. The molecule has 21 heavy (non-hydrogen) atoms. The number of carbonyl (C=O) groups excluding carboxylic acids is 1. The summed E-state index contributed by atoms with van der Waals surface area (Å²) in [4.78, 5) is 15.0. The predicted octanol–water partition coefficient (Wildman–Crippen LogP) is 3.74. The van der Waals surface area contributed by atoms with Gasteiger partial charge in [0.15, 0.2) is 0 Å². The van der Waals surface area contributed by atoms with E-state index >= 15 is 0 Å². The molecule has 1 heterocycles. The number of ether oxygens (including phenoxy) is 1. The average Bonchev–Trinajstić information content (AvgIpc) is 2.67. The van der Waals surface area contributed by atoms with E-state index in [1.54, 1.807) is 7.11 Å². The molecule has 1 saturated carbocycles. The Kier molecular flexibility index (Phi) is 3.27. The van der Waals surface area contributed by atoms with E-state index in [2.05, 4.69) is 25.7 Å². The summed E-state index contributed by atoms with van der Waals surface area (Å²) < 4.78 is 5.24. The van der Waals surface area contributed by atoms with Crippen LogP contribution in [0.3, 0.4) is 0 Å². The number of hydrogen-bond donors (Lipinski definition) is 0. The van der Waals surface area contributed by atoms with Crippen molar-refractivity contribution in [2.75, 3.05) is 13.7 Å². The molecule has 0 aromatic heterocycles. The van der Waals surface area contributed by atoms with Gasteiger partial charge >= 0.3 is 0 Å². The lowest BCUT2D eigenvalue weighted by molar-refractivity contribution is 0.0708. The highest BCUT2D eigenvalue weighted by Gasteiger charge is 2.50. The van der Waals surface area contributed by atoms with Crippen LogP contribution in [0.2, 0.25) is 0 Å². The number of methoxy groups -OCH3 is 1. The molecule has 1 saturated heterocycles. The van der Waals surface area contributed by atoms with Crippen LogP contribution in [0.5, 0.6) is 5.75 Å². The van der Waals surface area contributed by atoms with Crippen molar-refractivity contribution in [3.8, 4) is 5.75 Å². The van der Waals surface area contributed by atoms with Gasteiger partial charge in [0, 0.05) is 18.2 Å². The summed E-state index contributed by atoms with van der Waals surface area (Å²) in [5, 5.41) is 0. The van der Waals surface area contributed by atoms with Crippen molar-refractivity contribution in [1.82, 2.24) is 4.90 Å². The highest BCUT2D eigenvalue weighted by Crippen LogP contribution is 2.52. The van der Waals surface area contributed by atoms with Gasteiger partial charge in [0.1, 0.15) is 5.75 Å². The van der Waals surface area contributed by atoms with E-state index in [4.69, 9.17) is 4.74 Å². The minimum Gasteiger partial charge on any atom is -0.497 e. The van der Waals surface area contributed by atoms with Gasteiger partial charge in [-0.25, -0.2) is 0 Å². The maximum absolute atomic E-state index is 12.9. The molecule has 3 nitrogen and oxygen atoms in total. The minimum atomic E-state index is 0.153. The Labute approximate surface area is 127 Å². The van der Waals surface area contributed by atoms with E-state index in [9.17, 15) is 4.79 Å². The van der Waals surface area contributed by atoms with Crippen LogP contribution in [0.4, 0.5) is 0 Å². The molecule has 2 unspecified atom stereocenters. The summed E-state index contributed by atoms with van der Waals surface area (Å²) in [7, 11) is 1.63. The largest absolute Gasteiger partial charge is 0.497 e. The number of hydrogen-bond acceptors (Lipinski definition) is 2. The van der Waals surface area contributed by atoms with Crippen molar-refractivity contribution in [2.24, 2.45) is 10.8 Å². The normalized spacial score (nSPS) is 30.3. The summed E-state index contributed by atoms with van der Waals surface area (Å²) >= 11 is 0. The van der Waals surface area contributed by atoms with Crippen molar-refractivity contribution in [2.45, 2.75) is 46.1 Å². The van der Waals surface area contributed by atoms with Gasteiger partial charge in [-0.15, -0.1) is 0 Å². The van der Waals surface area contributed by atoms with Crippen LogP contribution in [0.25, 0.3) is 0 Å². The number of fused-ring (bicyclic) bond motifs is 2. The highest BCUT2D eigenvalue weighted by atomic mass is 16.5. The molecule has 114 valence electrons. The molecule has 0 N–H and O–H groups in total. The molecule has 2 aliphatic rings. The second-order valence-corrected chi connectivity index (χ2v) is 7.88. The first-order valence-corrected chi connectivity index (χ1v) is 7.77. The second-order valence-electron chi connectivity index (χ2n) is 7.88. The monoisotopic (exact) mass is 287 g/mol. The summed E-state index contributed by atoms with van der Waals surface area (Å²) in [6.45, 7) is 7.88. The van der Waals surface area contributed by atoms with Crippen LogP contribution in [0.15, 0.2) is 24.3 Å². The number of benzene rings is 1. The molecule has 1 aliphatic heterocycles. The molecule has 0 spiro atoms. The molecule has 1 aromatic rings. The van der Waals surface area contributed by atoms with Crippen LogP contribution >= 0.6 is 0 Å². The van der Waals surface area contributed by atoms with E-state index in [-0.39, 0.29) is 11.3 Å². The maximum atomic E-state index is 12.9. The quantitative estimate of drug-likeness (QED) is 0.829. The molecule has 0 radical (unpaired) electrons. The third-order valence-corrected chi connectivity index (χ3v) is 4.99. The standard InChI is InChI=1S/C18H25NO2/c1-17(2)9-14-10-18(3,11-17)12-19(14)16(20)13-6-5-7-15(8-13)21-4/h5-8,14H,9-12H2,1-4H3. The topological polar surface area (TPSA) is 29.5 Å². The molecule has 3 heteroatoms. The van der Waals surface area contributed by atoms with Gasteiger partial charge in [-0.2, -0.15) is 0 Å². The van der Waals surface area contributed by atoms with Gasteiger partial charge in [0.05, 0.1) is 7.11 Å². The van der Waals surface area contributed by atoms with E-state index in [1.807, 2.05) is 24.3 Å². The fourth-order valence-corrected chi connectivity index (χ4v) is 4.62. The van der Waals surface area contributed by atoms with Crippen molar-refractivity contribution >= 4 is 5.91 Å². The predicted molar refractivity (Wildman–Crippen MR) is 83.6 cm³/mol. The molecule has 1 aromatic carbocycles. The van der Waals surface area contributed by atoms with Crippen molar-refractivity contribution in [3.63, 3.8) is 0 Å². The maximum Gasteiger partial charge on any atom is 0.254 e. The Balaban J connectivity index is 1.86. The summed E-state index contributed by atoms with van der Waals surface area (Å²) in [5.74, 6) is 0.898. The van der Waals surface area contributed by atoms with Gasteiger partial charge in [0.25, 0.3) is 5.91 Å². The third-order valence-electron chi connectivity index (χ3n) is 4.99. The molecule has 2 bridgehead atoms. The van der Waals surface area contributed by atoms with Gasteiger partial charge in [-0.1, -0.05) is 26.8 Å². The molecule has 1 amide bonds. The molecular formula is C18H25NO2. The molecule has 2 fully saturated rings. The van der Waals surface area contributed by atoms with Crippen LogP contribution in [-0.4, -0.2) is 30.5 Å². The van der Waals surface area contributed by atoms with Crippen molar-refractivity contribution in [3.05, 3.63) is 29.8 Å². The zero-order chi connectivity index (χ0) is 15.3. The van der Waals surface area contributed by atoms with Gasteiger partial charge in [-0.05, 0) is 48.3 Å². The van der Waals surface area contributed by atoms with Crippen molar-refractivity contribution in [1.29, 1.82) is 0 Å². The van der Waals surface area contributed by atoms with Crippen LogP contribution in [0.1, 0.15) is 50.4 Å². The van der Waals surface area contributed by atoms with E-state index < -0.39 is 0 Å². The molecule has 1 aliphatic carbocycles. The highest BCUT2D eigenvalue weighted by molar-refractivity contribution is 5.95. The lowest BCUT2D eigenvalue weighted by atomic mass is 9.65. The van der Waals surface area contributed by atoms with Crippen LogP contribution in [0, 0.1) is 10.8 Å². The van der Waals surface area contributed by atoms with E-state index in [1.165, 1.54) is 6.42 Å². The van der Waals surface area contributed by atoms with Gasteiger partial charge in [0.2, 0.25) is 0 Å². The molecule has 2 atom stereocenters. The van der Waals surface area contributed by atoms with E-state index in [0.29, 0.717) is 11.5 Å². The SMILES string of the molecule is COc1cccc(C(=O)N2CC3(C)CC2CC(C)(C)C3)c1. The zero-order valence-electron chi connectivity index (χ0n) is 13.5. The molecular weight excluding hydrogens is 262 g/mol. The van der Waals surface area contributed by atoms with Crippen LogP contribution < -0.4 is 4.74 Å². The first-order valence-electron chi connectivity index (χ1n) is 7.77. The number of rotatable bonds is 2. The lowest BCUT2D eigenvalue weighted by Crippen LogP contribution is -2.37. The molecule has 3 rings (SSSR count). The fraction of sp³-hybridized carbons (Fsp3) is 0.611. The van der Waals surface area contributed by atoms with Gasteiger partial charge in [-0.3, -0.25) is 4.79 Å². The third kappa shape index (κ3) is 2.66. The second kappa shape index (κ2) is 4.75. The first kappa shape index (κ1) is 14.4. The summed E-state index contributed by atoms with van der Waals surface area (Å²) in [6, 6.07) is 7.89. The Morgan fingerprint density at radius 2 is 2.05 bits per heavy atom. The number of likely N-dealkylation sites (tertiary alicyclic amines) is 1. The number of carbonyl (C=O) groups is 1. The lowest BCUT2D eigenvalue weighted by Gasteiger charge is -2.39. The van der Waals surface area contributed by atoms with Gasteiger partial charge < -0.3 is 9.64 Å². The van der Waals surface area contributed by atoms with E-state index in [0.717, 1.165) is 30.7 Å². The minimum absolute atomic E-state index is 0.153. The Hall–Kier alpha value is -1.51. The Morgan fingerprint density at radius 1 is 1.29 bits per heavy atom. The summed E-state index contributed by atoms with van der Waals surface area (Å²) in [6.07, 6.45) is 3.46. The smallest absolute Gasteiger partial charge is 0.254 e. The Morgan fingerprint density at radius 3 is 2.76 bits per heavy atom. The van der Waals surface area contributed by atoms with Crippen molar-refractivity contribution < 1.29 is 9.53 Å². The summed E-state index contributed by atoms with van der Waals surface area (Å²) in [5.41, 5.74) is 1.35. The van der Waals surface area contributed by atoms with Crippen LogP contribution in [-0.2, 0) is 0 Å². The number of amides is 1. The number of nitrogens with zero attached hydrogens (tertiary/aromatic N) is 1. The first-order chi connectivity index (χ1) is 9.82.